The Kier molecular flexibility index (Phi) is 3.71. The first-order chi connectivity index (χ1) is 10.2. The number of thiazole rings is 1. The van der Waals surface area contributed by atoms with E-state index < -0.39 is 5.97 Å². The normalized spacial score (nSPS) is 10.9. The third kappa shape index (κ3) is 2.81. The number of aliphatic carboxylic acids is 1. The maximum absolute atomic E-state index is 11.0. The number of carboxylic acids is 1. The van der Waals surface area contributed by atoms with Crippen molar-refractivity contribution in [2.75, 3.05) is 0 Å². The van der Waals surface area contributed by atoms with Crippen molar-refractivity contribution in [3.05, 3.63) is 52.3 Å². The Morgan fingerprint density at radius 2 is 1.95 bits per heavy atom. The lowest BCUT2D eigenvalue weighted by molar-refractivity contribution is -0.136. The lowest BCUT2D eigenvalue weighted by Crippen LogP contribution is -1.99. The molecule has 1 aromatic heterocycles. The van der Waals surface area contributed by atoms with E-state index in [2.05, 4.69) is 29.2 Å². The fourth-order valence-electron chi connectivity index (χ4n) is 2.37. The number of nitrogens with zero attached hydrogens (tertiary/aromatic N) is 1. The first-order valence-corrected chi connectivity index (χ1v) is 7.68. The quantitative estimate of drug-likeness (QED) is 0.787. The van der Waals surface area contributed by atoms with Crippen LogP contribution in [0, 0.1) is 0 Å². The molecule has 0 aliphatic carbocycles. The number of aromatic nitrogens is 1. The van der Waals surface area contributed by atoms with Crippen molar-refractivity contribution >= 4 is 28.1 Å². The number of hydrogen-bond acceptors (Lipinski definition) is 3. The summed E-state index contributed by atoms with van der Waals surface area (Å²) in [5.41, 5.74) is 1.80. The van der Waals surface area contributed by atoms with Crippen LogP contribution in [-0.4, -0.2) is 16.1 Å². The minimum Gasteiger partial charge on any atom is -0.481 e. The molecule has 0 aliphatic rings. The minimum absolute atomic E-state index is 0.0276. The highest BCUT2D eigenvalue weighted by Gasteiger charge is 2.15. The van der Waals surface area contributed by atoms with Gasteiger partial charge in [0.15, 0.2) is 0 Å². The van der Waals surface area contributed by atoms with E-state index in [1.165, 1.54) is 16.7 Å². The van der Waals surface area contributed by atoms with Gasteiger partial charge in [0.2, 0.25) is 0 Å². The Hall–Kier alpha value is -2.20. The summed E-state index contributed by atoms with van der Waals surface area (Å²) < 4.78 is 0. The predicted molar refractivity (Wildman–Crippen MR) is 85.8 cm³/mol. The van der Waals surface area contributed by atoms with Gasteiger partial charge in [-0.05, 0) is 23.3 Å². The molecule has 0 saturated carbocycles. The number of carboxylic acid groups (broad SMARTS) is 1. The molecule has 0 saturated heterocycles. The van der Waals surface area contributed by atoms with Crippen molar-refractivity contribution < 1.29 is 9.90 Å². The molecule has 106 valence electrons. The molecular formula is C17H15NO2S. The zero-order valence-electron chi connectivity index (χ0n) is 11.7. The number of carbonyl (C=O) groups is 1. The van der Waals surface area contributed by atoms with Gasteiger partial charge in [0, 0.05) is 10.4 Å². The summed E-state index contributed by atoms with van der Waals surface area (Å²) in [6.07, 6.45) is 0.852. The Labute approximate surface area is 126 Å². The van der Waals surface area contributed by atoms with Gasteiger partial charge in [0.1, 0.15) is 0 Å². The third-order valence-electron chi connectivity index (χ3n) is 3.38. The van der Waals surface area contributed by atoms with Crippen molar-refractivity contribution in [2.24, 2.45) is 0 Å². The number of aryl methyl sites for hydroxylation is 1. The molecule has 3 rings (SSSR count). The highest BCUT2D eigenvalue weighted by atomic mass is 32.1. The second-order valence-corrected chi connectivity index (χ2v) is 6.03. The predicted octanol–water partition coefficient (Wildman–Crippen LogP) is 4.15. The minimum atomic E-state index is -0.816. The molecule has 0 fully saturated rings. The summed E-state index contributed by atoms with van der Waals surface area (Å²) in [7, 11) is 0. The van der Waals surface area contributed by atoms with Crippen molar-refractivity contribution in [2.45, 2.75) is 19.8 Å². The van der Waals surface area contributed by atoms with E-state index in [9.17, 15) is 4.79 Å². The standard InChI is InChI=1S/C17H15NO2S/c1-2-15-18-17(14(21-15)10-16(19)20)13-8-7-11-5-3-4-6-12(11)9-13/h3-9H,2,10H2,1H3,(H,19,20). The summed E-state index contributed by atoms with van der Waals surface area (Å²) in [5.74, 6) is -0.816. The molecule has 4 heteroatoms. The summed E-state index contributed by atoms with van der Waals surface area (Å²) in [6.45, 7) is 2.04. The summed E-state index contributed by atoms with van der Waals surface area (Å²) in [6, 6.07) is 14.3. The van der Waals surface area contributed by atoms with E-state index in [-0.39, 0.29) is 6.42 Å². The highest BCUT2D eigenvalue weighted by molar-refractivity contribution is 7.12. The van der Waals surface area contributed by atoms with Gasteiger partial charge >= 0.3 is 5.97 Å². The van der Waals surface area contributed by atoms with Crippen LogP contribution in [0.4, 0.5) is 0 Å². The number of fused-ring (bicyclic) bond motifs is 1. The second-order valence-electron chi connectivity index (χ2n) is 4.87. The Balaban J connectivity index is 2.12. The average molecular weight is 297 g/mol. The van der Waals surface area contributed by atoms with Crippen molar-refractivity contribution in [3.8, 4) is 11.3 Å². The largest absolute Gasteiger partial charge is 0.481 e. The first-order valence-electron chi connectivity index (χ1n) is 6.87. The van der Waals surface area contributed by atoms with Crippen molar-refractivity contribution in [1.82, 2.24) is 4.98 Å². The van der Waals surface area contributed by atoms with Crippen LogP contribution >= 0.6 is 11.3 Å². The van der Waals surface area contributed by atoms with E-state index in [0.29, 0.717) is 0 Å². The third-order valence-corrected chi connectivity index (χ3v) is 4.58. The molecule has 1 N–H and O–H groups in total. The van der Waals surface area contributed by atoms with Crippen LogP contribution in [0.1, 0.15) is 16.8 Å². The zero-order valence-corrected chi connectivity index (χ0v) is 12.5. The van der Waals surface area contributed by atoms with Gasteiger partial charge in [-0.15, -0.1) is 11.3 Å². The Morgan fingerprint density at radius 1 is 1.19 bits per heavy atom. The molecule has 0 aliphatic heterocycles. The van der Waals surface area contributed by atoms with Crippen LogP contribution in [0.15, 0.2) is 42.5 Å². The van der Waals surface area contributed by atoms with Crippen LogP contribution in [-0.2, 0) is 17.6 Å². The molecule has 3 aromatic rings. The number of rotatable bonds is 4. The van der Waals surface area contributed by atoms with Gasteiger partial charge in [0.05, 0.1) is 17.1 Å². The van der Waals surface area contributed by atoms with Crippen LogP contribution in [0.5, 0.6) is 0 Å². The maximum Gasteiger partial charge on any atom is 0.308 e. The smallest absolute Gasteiger partial charge is 0.308 e. The maximum atomic E-state index is 11.0. The molecule has 2 aromatic carbocycles. The summed E-state index contributed by atoms with van der Waals surface area (Å²) in [5, 5.41) is 12.4. The van der Waals surface area contributed by atoms with Crippen LogP contribution in [0.25, 0.3) is 22.0 Å². The van der Waals surface area contributed by atoms with Crippen LogP contribution < -0.4 is 0 Å². The number of hydrogen-bond donors (Lipinski definition) is 1. The molecule has 0 bridgehead atoms. The lowest BCUT2D eigenvalue weighted by atomic mass is 10.0. The van der Waals surface area contributed by atoms with Crippen molar-refractivity contribution in [3.63, 3.8) is 0 Å². The summed E-state index contributed by atoms with van der Waals surface area (Å²) in [4.78, 5) is 16.5. The van der Waals surface area contributed by atoms with Gasteiger partial charge in [-0.25, -0.2) is 4.98 Å². The highest BCUT2D eigenvalue weighted by Crippen LogP contribution is 2.31. The molecule has 1 heterocycles. The van der Waals surface area contributed by atoms with Gasteiger partial charge < -0.3 is 5.11 Å². The van der Waals surface area contributed by atoms with Crippen LogP contribution in [0.3, 0.4) is 0 Å². The number of benzene rings is 2. The SMILES string of the molecule is CCc1nc(-c2ccc3ccccc3c2)c(CC(=O)O)s1. The molecule has 21 heavy (non-hydrogen) atoms. The monoisotopic (exact) mass is 297 g/mol. The van der Waals surface area contributed by atoms with E-state index >= 15 is 0 Å². The van der Waals surface area contributed by atoms with Crippen LogP contribution in [0.2, 0.25) is 0 Å². The Morgan fingerprint density at radius 3 is 2.67 bits per heavy atom. The van der Waals surface area contributed by atoms with E-state index in [1.54, 1.807) is 0 Å². The molecule has 0 spiro atoms. The molecule has 0 unspecified atom stereocenters. The van der Waals surface area contributed by atoms with E-state index in [0.717, 1.165) is 32.9 Å². The van der Waals surface area contributed by atoms with E-state index in [1.807, 2.05) is 25.1 Å². The van der Waals surface area contributed by atoms with Gasteiger partial charge in [-0.2, -0.15) is 0 Å². The Bertz CT molecular complexity index is 807. The topological polar surface area (TPSA) is 50.2 Å². The van der Waals surface area contributed by atoms with Crippen molar-refractivity contribution in [1.29, 1.82) is 0 Å². The lowest BCUT2D eigenvalue weighted by Gasteiger charge is -2.03. The molecule has 3 nitrogen and oxygen atoms in total. The molecule has 0 amide bonds. The first kappa shape index (κ1) is 13.8. The molecule has 0 radical (unpaired) electrons. The summed E-state index contributed by atoms with van der Waals surface area (Å²) >= 11 is 1.50. The van der Waals surface area contributed by atoms with Gasteiger partial charge in [-0.1, -0.05) is 43.3 Å². The van der Waals surface area contributed by atoms with Gasteiger partial charge in [-0.3, -0.25) is 4.79 Å². The van der Waals surface area contributed by atoms with Gasteiger partial charge in [0.25, 0.3) is 0 Å². The second kappa shape index (κ2) is 5.66. The zero-order chi connectivity index (χ0) is 14.8. The van der Waals surface area contributed by atoms with E-state index in [4.69, 9.17) is 5.11 Å². The fraction of sp³-hybridized carbons (Fsp3) is 0.176. The molecular weight excluding hydrogens is 282 g/mol. The molecule has 0 atom stereocenters. The fourth-order valence-corrected chi connectivity index (χ4v) is 3.39. The average Bonchev–Trinajstić information content (AvgIpc) is 2.89.